The summed E-state index contributed by atoms with van der Waals surface area (Å²) >= 11 is 3.29. The van der Waals surface area contributed by atoms with Crippen LogP contribution in [0, 0.1) is 5.92 Å². The molecule has 0 amide bonds. The van der Waals surface area contributed by atoms with Gasteiger partial charge >= 0.3 is 0 Å². The largest absolute Gasteiger partial charge is 0.373 e. The van der Waals surface area contributed by atoms with E-state index in [0.29, 0.717) is 19.1 Å². The van der Waals surface area contributed by atoms with Crippen LogP contribution in [0.25, 0.3) is 0 Å². The third-order valence-electron chi connectivity index (χ3n) is 1.22. The molecule has 0 N–H and O–H groups in total. The van der Waals surface area contributed by atoms with Crippen molar-refractivity contribution in [1.29, 1.82) is 0 Å². The molecule has 0 fully saturated rings. The Balaban J connectivity index is 3.35. The van der Waals surface area contributed by atoms with Gasteiger partial charge in [0.2, 0.25) is 0 Å². The van der Waals surface area contributed by atoms with E-state index in [9.17, 15) is 0 Å². The molecular formula is C11H17BrO. The Hall–Kier alpha value is -0.300. The van der Waals surface area contributed by atoms with Gasteiger partial charge in [-0.3, -0.25) is 0 Å². The lowest BCUT2D eigenvalue weighted by atomic mass is 10.2. The summed E-state index contributed by atoms with van der Waals surface area (Å²) in [5, 5.41) is 0.888. The second-order valence-corrected chi connectivity index (χ2v) is 3.59. The number of hydrogen-bond acceptors (Lipinski definition) is 1. The molecule has 74 valence electrons. The first-order valence-corrected chi connectivity index (χ1v) is 5.59. The van der Waals surface area contributed by atoms with Crippen molar-refractivity contribution in [2.75, 3.05) is 18.5 Å². The molecule has 2 heteroatoms. The van der Waals surface area contributed by atoms with E-state index in [1.807, 2.05) is 24.3 Å². The van der Waals surface area contributed by atoms with Crippen molar-refractivity contribution in [3.8, 4) is 0 Å². The van der Waals surface area contributed by atoms with Gasteiger partial charge in [-0.1, -0.05) is 41.9 Å². The molecule has 0 spiro atoms. The molecule has 0 aliphatic carbocycles. The van der Waals surface area contributed by atoms with Gasteiger partial charge in [-0.2, -0.15) is 0 Å². The van der Waals surface area contributed by atoms with Crippen LogP contribution in [0.15, 0.2) is 30.0 Å². The standard InChI is InChI=1S/C11H17BrO/c1-11(2)7-3-5-9-13-10-6-4-8-12/h4-7,11H,8-10H2,1-2H3/b6-4-. The fraction of sp³-hybridized carbons (Fsp3) is 0.545. The molecule has 0 heterocycles. The molecule has 0 saturated heterocycles. The maximum absolute atomic E-state index is 5.27. The first kappa shape index (κ1) is 12.7. The third-order valence-corrected chi connectivity index (χ3v) is 1.59. The summed E-state index contributed by atoms with van der Waals surface area (Å²) in [6, 6.07) is 0. The number of halogens is 1. The fourth-order valence-electron chi connectivity index (χ4n) is 0.635. The molecule has 0 aromatic carbocycles. The van der Waals surface area contributed by atoms with Gasteiger partial charge in [-0.05, 0) is 18.1 Å². The van der Waals surface area contributed by atoms with Crippen LogP contribution in [0.4, 0.5) is 0 Å². The van der Waals surface area contributed by atoms with E-state index in [4.69, 9.17) is 4.74 Å². The van der Waals surface area contributed by atoms with Crippen LogP contribution in [-0.4, -0.2) is 18.5 Å². The first-order chi connectivity index (χ1) is 6.27. The minimum absolute atomic E-state index is 0.560. The van der Waals surface area contributed by atoms with E-state index in [1.165, 1.54) is 0 Å². The summed E-state index contributed by atoms with van der Waals surface area (Å²) in [5.74, 6) is 0.560. The number of ether oxygens (including phenoxy) is 1. The van der Waals surface area contributed by atoms with E-state index < -0.39 is 0 Å². The van der Waals surface area contributed by atoms with E-state index in [2.05, 4.69) is 35.5 Å². The van der Waals surface area contributed by atoms with Crippen molar-refractivity contribution in [3.05, 3.63) is 30.0 Å². The Labute approximate surface area is 89.3 Å². The summed E-state index contributed by atoms with van der Waals surface area (Å²) in [4.78, 5) is 0. The van der Waals surface area contributed by atoms with Crippen LogP contribution < -0.4 is 0 Å². The molecule has 0 rings (SSSR count). The predicted octanol–water partition coefficient (Wildman–Crippen LogP) is 3.32. The van der Waals surface area contributed by atoms with Crippen LogP contribution in [-0.2, 0) is 4.74 Å². The highest BCUT2D eigenvalue weighted by molar-refractivity contribution is 9.09. The zero-order chi connectivity index (χ0) is 9.94. The van der Waals surface area contributed by atoms with E-state index in [-0.39, 0.29) is 0 Å². The third kappa shape index (κ3) is 11.7. The zero-order valence-corrected chi connectivity index (χ0v) is 9.88. The van der Waals surface area contributed by atoms with Gasteiger partial charge in [-0.25, -0.2) is 0 Å². The van der Waals surface area contributed by atoms with Crippen molar-refractivity contribution in [1.82, 2.24) is 0 Å². The minimum Gasteiger partial charge on any atom is -0.373 e. The molecular weight excluding hydrogens is 228 g/mol. The summed E-state index contributed by atoms with van der Waals surface area (Å²) in [6.45, 7) is 5.56. The van der Waals surface area contributed by atoms with Crippen molar-refractivity contribution in [2.24, 2.45) is 5.92 Å². The molecule has 13 heavy (non-hydrogen) atoms. The fourth-order valence-corrected chi connectivity index (χ4v) is 0.899. The average molecular weight is 245 g/mol. The zero-order valence-electron chi connectivity index (χ0n) is 8.29. The summed E-state index contributed by atoms with van der Waals surface area (Å²) in [6.07, 6.45) is 7.95. The van der Waals surface area contributed by atoms with Crippen molar-refractivity contribution in [2.45, 2.75) is 13.8 Å². The Morgan fingerprint density at radius 3 is 2.69 bits per heavy atom. The van der Waals surface area contributed by atoms with Crippen LogP contribution in [0.5, 0.6) is 0 Å². The lowest BCUT2D eigenvalue weighted by Gasteiger charge is -1.92. The molecule has 0 bridgehead atoms. The Bertz CT molecular complexity index is 188. The Morgan fingerprint density at radius 2 is 2.08 bits per heavy atom. The first-order valence-electron chi connectivity index (χ1n) is 4.47. The smallest absolute Gasteiger partial charge is 0.0725 e. The number of alkyl halides is 1. The van der Waals surface area contributed by atoms with Gasteiger partial charge in [0.15, 0.2) is 0 Å². The molecule has 0 saturated carbocycles. The number of hydrogen-bond donors (Lipinski definition) is 0. The van der Waals surface area contributed by atoms with Gasteiger partial charge in [0.25, 0.3) is 0 Å². The van der Waals surface area contributed by atoms with Gasteiger partial charge < -0.3 is 4.74 Å². The molecule has 0 atom stereocenters. The highest BCUT2D eigenvalue weighted by Crippen LogP contribution is 1.90. The Kier molecular flexibility index (Phi) is 9.56. The SMILES string of the molecule is CC(C)C=C=CCOC/C=C\CBr. The second-order valence-electron chi connectivity index (χ2n) is 2.94. The number of allylic oxidation sites excluding steroid dienone is 1. The van der Waals surface area contributed by atoms with E-state index >= 15 is 0 Å². The molecule has 0 aromatic rings. The lowest BCUT2D eigenvalue weighted by molar-refractivity contribution is 0.194. The van der Waals surface area contributed by atoms with Crippen LogP contribution in [0.2, 0.25) is 0 Å². The van der Waals surface area contributed by atoms with E-state index in [0.717, 1.165) is 5.33 Å². The van der Waals surface area contributed by atoms with Crippen molar-refractivity contribution < 1.29 is 4.74 Å². The van der Waals surface area contributed by atoms with Gasteiger partial charge in [0.05, 0.1) is 13.2 Å². The molecule has 0 aromatic heterocycles. The minimum atomic E-state index is 0.560. The lowest BCUT2D eigenvalue weighted by Crippen LogP contribution is -1.89. The summed E-state index contributed by atoms with van der Waals surface area (Å²) < 4.78 is 5.27. The molecule has 0 aliphatic heterocycles. The second kappa shape index (κ2) is 9.79. The predicted molar refractivity (Wildman–Crippen MR) is 61.2 cm³/mol. The molecule has 0 aliphatic rings. The topological polar surface area (TPSA) is 9.23 Å². The average Bonchev–Trinajstić information content (AvgIpc) is 2.09. The maximum Gasteiger partial charge on any atom is 0.0725 e. The quantitative estimate of drug-likeness (QED) is 0.302. The monoisotopic (exact) mass is 244 g/mol. The highest BCUT2D eigenvalue weighted by Gasteiger charge is 1.80. The molecule has 1 nitrogen and oxygen atoms in total. The van der Waals surface area contributed by atoms with Gasteiger partial charge in [0.1, 0.15) is 0 Å². The van der Waals surface area contributed by atoms with Crippen LogP contribution >= 0.6 is 15.9 Å². The van der Waals surface area contributed by atoms with Gasteiger partial charge in [0, 0.05) is 5.33 Å². The highest BCUT2D eigenvalue weighted by atomic mass is 79.9. The summed E-state index contributed by atoms with van der Waals surface area (Å²) in [7, 11) is 0. The van der Waals surface area contributed by atoms with Crippen LogP contribution in [0.1, 0.15) is 13.8 Å². The van der Waals surface area contributed by atoms with E-state index in [1.54, 1.807) is 0 Å². The van der Waals surface area contributed by atoms with Crippen molar-refractivity contribution in [3.63, 3.8) is 0 Å². The summed E-state index contributed by atoms with van der Waals surface area (Å²) in [5.41, 5.74) is 3.07. The normalized spacial score (nSPS) is 10.5. The Morgan fingerprint density at radius 1 is 1.31 bits per heavy atom. The number of rotatable bonds is 6. The molecule has 0 radical (unpaired) electrons. The van der Waals surface area contributed by atoms with Crippen LogP contribution in [0.3, 0.4) is 0 Å². The maximum atomic E-state index is 5.27. The van der Waals surface area contributed by atoms with Crippen molar-refractivity contribution >= 4 is 15.9 Å². The van der Waals surface area contributed by atoms with Gasteiger partial charge in [-0.15, -0.1) is 5.73 Å². The molecule has 0 unspecified atom stereocenters.